The van der Waals surface area contributed by atoms with Crippen LogP contribution in [-0.2, 0) is 14.3 Å². The van der Waals surface area contributed by atoms with Gasteiger partial charge < -0.3 is 20.1 Å². The van der Waals surface area contributed by atoms with Crippen molar-refractivity contribution in [3.63, 3.8) is 0 Å². The van der Waals surface area contributed by atoms with Crippen molar-refractivity contribution < 1.29 is 24.2 Å². The number of carboxylic acids is 1. The molecule has 0 unspecified atom stereocenters. The molecule has 2 aromatic carbocycles. The first-order chi connectivity index (χ1) is 15.4. The number of likely N-dealkylation sites (N-methyl/N-ethyl adjacent to an activating group) is 1. The maximum absolute atomic E-state index is 12.6. The van der Waals surface area contributed by atoms with Gasteiger partial charge in [-0.15, -0.1) is 0 Å². The van der Waals surface area contributed by atoms with E-state index in [1.54, 1.807) is 0 Å². The fourth-order valence-electron chi connectivity index (χ4n) is 4.93. The van der Waals surface area contributed by atoms with E-state index in [0.717, 1.165) is 30.4 Å². The molecule has 2 aliphatic carbocycles. The molecule has 7 nitrogen and oxygen atoms in total. The van der Waals surface area contributed by atoms with Gasteiger partial charge in [0.25, 0.3) is 0 Å². The van der Waals surface area contributed by atoms with Crippen LogP contribution in [0.1, 0.15) is 42.7 Å². The van der Waals surface area contributed by atoms with Crippen molar-refractivity contribution in [3.05, 3.63) is 59.7 Å². The maximum atomic E-state index is 12.6. The SMILES string of the molecule is CN(CC(=O)O)C(=O)C[C@@H]1CCC[C@H]1NC(=O)OCC1c2ccccc2-c2ccccc21. The number of nitrogens with one attached hydrogen (secondary N) is 1. The van der Waals surface area contributed by atoms with Gasteiger partial charge in [0.2, 0.25) is 5.91 Å². The van der Waals surface area contributed by atoms with Crippen LogP contribution >= 0.6 is 0 Å². The number of hydrogen-bond acceptors (Lipinski definition) is 4. The average molecular weight is 437 g/mol. The third kappa shape index (κ3) is 4.61. The van der Waals surface area contributed by atoms with Crippen LogP contribution in [0.25, 0.3) is 11.1 Å². The lowest BCUT2D eigenvalue weighted by molar-refractivity contribution is -0.143. The van der Waals surface area contributed by atoms with E-state index in [1.807, 2.05) is 24.3 Å². The molecule has 7 heteroatoms. The predicted octanol–water partition coefficient (Wildman–Crippen LogP) is 3.63. The Morgan fingerprint density at radius 1 is 1.03 bits per heavy atom. The highest BCUT2D eigenvalue weighted by molar-refractivity contribution is 5.81. The standard InChI is InChI=1S/C25H28N2O5/c1-27(14-24(29)30)23(28)13-16-7-6-12-22(16)26-25(31)32-15-21-19-10-4-2-8-17(19)18-9-3-5-11-20(18)21/h2-5,8-11,16,21-22H,6-7,12-15H2,1H3,(H,26,31)(H,29,30)/t16-,22+/m0/s1. The fourth-order valence-corrected chi connectivity index (χ4v) is 4.93. The molecule has 2 N–H and O–H groups in total. The summed E-state index contributed by atoms with van der Waals surface area (Å²) in [6, 6.07) is 16.2. The van der Waals surface area contributed by atoms with Crippen molar-refractivity contribution in [1.82, 2.24) is 10.2 Å². The Bertz CT molecular complexity index is 975. The molecular formula is C25H28N2O5. The van der Waals surface area contributed by atoms with Gasteiger partial charge in [0, 0.05) is 25.4 Å². The molecule has 0 aromatic heterocycles. The number of carbonyl (C=O) groups excluding carboxylic acids is 2. The monoisotopic (exact) mass is 436 g/mol. The molecule has 2 atom stereocenters. The van der Waals surface area contributed by atoms with Gasteiger partial charge in [-0.3, -0.25) is 9.59 Å². The number of hydrogen-bond donors (Lipinski definition) is 2. The van der Waals surface area contributed by atoms with Crippen LogP contribution in [0.2, 0.25) is 0 Å². The van der Waals surface area contributed by atoms with Crippen molar-refractivity contribution in [2.24, 2.45) is 5.92 Å². The summed E-state index contributed by atoms with van der Waals surface area (Å²) in [5.41, 5.74) is 4.67. The van der Waals surface area contributed by atoms with Gasteiger partial charge in [-0.25, -0.2) is 4.79 Å². The number of carboxylic acid groups (broad SMARTS) is 1. The van der Waals surface area contributed by atoms with Gasteiger partial charge in [-0.1, -0.05) is 55.0 Å². The molecule has 1 saturated carbocycles. The normalized spacial score (nSPS) is 19.2. The molecule has 0 aliphatic heterocycles. The zero-order chi connectivity index (χ0) is 22.7. The average Bonchev–Trinajstić information content (AvgIpc) is 3.33. The lowest BCUT2D eigenvalue weighted by Crippen LogP contribution is -2.41. The number of amides is 2. The topological polar surface area (TPSA) is 95.9 Å². The van der Waals surface area contributed by atoms with Crippen LogP contribution in [0.3, 0.4) is 0 Å². The minimum absolute atomic E-state index is 0.00114. The van der Waals surface area contributed by atoms with Crippen LogP contribution in [0.5, 0.6) is 0 Å². The smallest absolute Gasteiger partial charge is 0.407 e. The number of aliphatic carboxylic acids is 1. The van der Waals surface area contributed by atoms with E-state index >= 15 is 0 Å². The number of alkyl carbamates (subject to hydrolysis) is 1. The molecule has 2 aliphatic rings. The summed E-state index contributed by atoms with van der Waals surface area (Å²) < 4.78 is 5.63. The minimum atomic E-state index is -1.04. The molecule has 0 radical (unpaired) electrons. The first-order valence-corrected chi connectivity index (χ1v) is 11.0. The van der Waals surface area contributed by atoms with Gasteiger partial charge in [0.15, 0.2) is 0 Å². The number of fused-ring (bicyclic) bond motifs is 3. The van der Waals surface area contributed by atoms with Crippen molar-refractivity contribution in [2.45, 2.75) is 37.6 Å². The van der Waals surface area contributed by atoms with E-state index in [0.29, 0.717) is 0 Å². The Labute approximate surface area is 187 Å². The summed E-state index contributed by atoms with van der Waals surface area (Å²) in [5.74, 6) is -1.28. The Balaban J connectivity index is 1.34. The van der Waals surface area contributed by atoms with Crippen molar-refractivity contribution in [1.29, 1.82) is 0 Å². The molecule has 0 spiro atoms. The third-order valence-electron chi connectivity index (χ3n) is 6.54. The van der Waals surface area contributed by atoms with E-state index in [-0.39, 0.29) is 43.4 Å². The van der Waals surface area contributed by atoms with Crippen molar-refractivity contribution in [2.75, 3.05) is 20.2 Å². The van der Waals surface area contributed by atoms with Crippen molar-refractivity contribution in [3.8, 4) is 11.1 Å². The summed E-state index contributed by atoms with van der Waals surface area (Å²) >= 11 is 0. The summed E-state index contributed by atoms with van der Waals surface area (Å²) in [6.07, 6.45) is 2.26. The Kier molecular flexibility index (Phi) is 6.44. The first kappa shape index (κ1) is 21.9. The maximum Gasteiger partial charge on any atom is 0.407 e. The second-order valence-corrected chi connectivity index (χ2v) is 8.62. The van der Waals surface area contributed by atoms with Gasteiger partial charge >= 0.3 is 12.1 Å². The van der Waals surface area contributed by atoms with E-state index < -0.39 is 12.1 Å². The lowest BCUT2D eigenvalue weighted by atomic mass is 9.98. The first-order valence-electron chi connectivity index (χ1n) is 11.0. The molecule has 32 heavy (non-hydrogen) atoms. The zero-order valence-corrected chi connectivity index (χ0v) is 18.1. The molecule has 0 saturated heterocycles. The Hall–Kier alpha value is -3.35. The summed E-state index contributed by atoms with van der Waals surface area (Å²) in [6.45, 7) is -0.0758. The lowest BCUT2D eigenvalue weighted by Gasteiger charge is -2.23. The molecule has 1 fully saturated rings. The number of rotatable bonds is 7. The minimum Gasteiger partial charge on any atom is -0.480 e. The van der Waals surface area contributed by atoms with Crippen molar-refractivity contribution >= 4 is 18.0 Å². The highest BCUT2D eigenvalue weighted by atomic mass is 16.5. The molecular weight excluding hydrogens is 408 g/mol. The van der Waals surface area contributed by atoms with Crippen LogP contribution in [0, 0.1) is 5.92 Å². The van der Waals surface area contributed by atoms with Crippen LogP contribution < -0.4 is 5.32 Å². The van der Waals surface area contributed by atoms with Crippen LogP contribution in [0.4, 0.5) is 4.79 Å². The summed E-state index contributed by atoms with van der Waals surface area (Å²) in [7, 11) is 1.49. The number of benzene rings is 2. The molecule has 4 rings (SSSR count). The van der Waals surface area contributed by atoms with Gasteiger partial charge in [-0.2, -0.15) is 0 Å². The second-order valence-electron chi connectivity index (χ2n) is 8.62. The quantitative estimate of drug-likeness (QED) is 0.691. The number of ether oxygens (including phenoxy) is 1. The number of carbonyl (C=O) groups is 3. The van der Waals surface area contributed by atoms with Gasteiger partial charge in [-0.05, 0) is 41.0 Å². The molecule has 0 heterocycles. The van der Waals surface area contributed by atoms with E-state index in [2.05, 4.69) is 29.6 Å². The van der Waals surface area contributed by atoms with E-state index in [4.69, 9.17) is 9.84 Å². The zero-order valence-electron chi connectivity index (χ0n) is 18.1. The van der Waals surface area contributed by atoms with Gasteiger partial charge in [0.1, 0.15) is 13.2 Å². The van der Waals surface area contributed by atoms with E-state index in [9.17, 15) is 14.4 Å². The summed E-state index contributed by atoms with van der Waals surface area (Å²) in [4.78, 5) is 36.9. The fraction of sp³-hybridized carbons (Fsp3) is 0.400. The number of nitrogens with zero attached hydrogens (tertiary/aromatic N) is 1. The summed E-state index contributed by atoms with van der Waals surface area (Å²) in [5, 5.41) is 11.8. The van der Waals surface area contributed by atoms with Crippen LogP contribution in [-0.4, -0.2) is 54.2 Å². The van der Waals surface area contributed by atoms with Gasteiger partial charge in [0.05, 0.1) is 0 Å². The van der Waals surface area contributed by atoms with Crippen LogP contribution in [0.15, 0.2) is 48.5 Å². The van der Waals surface area contributed by atoms with E-state index in [1.165, 1.54) is 23.1 Å². The third-order valence-corrected chi connectivity index (χ3v) is 6.54. The molecule has 0 bridgehead atoms. The molecule has 168 valence electrons. The Morgan fingerprint density at radius 3 is 2.28 bits per heavy atom. The molecule has 2 aromatic rings. The second kappa shape index (κ2) is 9.42. The highest BCUT2D eigenvalue weighted by Crippen LogP contribution is 2.44. The Morgan fingerprint density at radius 2 is 1.66 bits per heavy atom. The predicted molar refractivity (Wildman–Crippen MR) is 119 cm³/mol. The largest absolute Gasteiger partial charge is 0.480 e. The molecule has 2 amide bonds. The highest BCUT2D eigenvalue weighted by Gasteiger charge is 2.33.